The number of fused-ring (bicyclic) bond motifs is 1. The molecule has 160 valence electrons. The molecule has 2 aromatic carbocycles. The number of halogens is 3. The molecule has 3 aromatic rings. The third-order valence-electron chi connectivity index (χ3n) is 5.32. The highest BCUT2D eigenvalue weighted by atomic mass is 19.4. The quantitative estimate of drug-likeness (QED) is 0.622. The molecule has 31 heavy (non-hydrogen) atoms. The van der Waals surface area contributed by atoms with Gasteiger partial charge < -0.3 is 18.9 Å². The molecule has 0 N–H and O–H groups in total. The van der Waals surface area contributed by atoms with Crippen molar-refractivity contribution in [2.24, 2.45) is 0 Å². The van der Waals surface area contributed by atoms with E-state index in [1.807, 2.05) is 0 Å². The van der Waals surface area contributed by atoms with Gasteiger partial charge in [0.2, 0.25) is 12.7 Å². The van der Waals surface area contributed by atoms with Gasteiger partial charge in [-0.2, -0.15) is 18.2 Å². The molecule has 1 aromatic heterocycles. The summed E-state index contributed by atoms with van der Waals surface area (Å²) in [6, 6.07) is 10.5. The number of alkyl halides is 3. The molecule has 0 radical (unpaired) electrons. The molecule has 1 fully saturated rings. The monoisotopic (exact) mass is 431 g/mol. The highest BCUT2D eigenvalue weighted by molar-refractivity contribution is 5.79. The second kappa shape index (κ2) is 7.29. The van der Waals surface area contributed by atoms with Gasteiger partial charge in [0.05, 0.1) is 5.56 Å². The standard InChI is InChI=1S/C21H16F3N3O4/c22-21(23,24)15-4-2-1-3-13(15)9-27-10-14(8-18(27)28)19-25-20(31-26-19)12-5-6-16-17(7-12)30-11-29-16/h1-7,14H,8-11H2. The predicted octanol–water partition coefficient (Wildman–Crippen LogP) is 4.00. The number of aromatic nitrogens is 2. The smallest absolute Gasteiger partial charge is 0.416 e. The Balaban J connectivity index is 1.32. The molecule has 1 unspecified atom stereocenters. The fourth-order valence-corrected chi connectivity index (χ4v) is 3.79. The minimum atomic E-state index is -4.48. The van der Waals surface area contributed by atoms with Crippen LogP contribution in [0.15, 0.2) is 47.0 Å². The van der Waals surface area contributed by atoms with E-state index in [0.717, 1.165) is 6.07 Å². The van der Waals surface area contributed by atoms with E-state index in [9.17, 15) is 18.0 Å². The fourth-order valence-electron chi connectivity index (χ4n) is 3.79. The van der Waals surface area contributed by atoms with Crippen molar-refractivity contribution in [2.45, 2.75) is 25.1 Å². The minimum absolute atomic E-state index is 0.0539. The molecule has 0 aliphatic carbocycles. The van der Waals surface area contributed by atoms with Gasteiger partial charge in [0, 0.05) is 31.0 Å². The van der Waals surface area contributed by atoms with Crippen LogP contribution < -0.4 is 9.47 Å². The lowest BCUT2D eigenvalue weighted by molar-refractivity contribution is -0.139. The zero-order valence-electron chi connectivity index (χ0n) is 16.1. The van der Waals surface area contributed by atoms with Gasteiger partial charge >= 0.3 is 6.18 Å². The summed E-state index contributed by atoms with van der Waals surface area (Å²) >= 11 is 0. The number of likely N-dealkylation sites (tertiary alicyclic amines) is 1. The van der Waals surface area contributed by atoms with E-state index in [4.69, 9.17) is 14.0 Å². The van der Waals surface area contributed by atoms with Crippen molar-refractivity contribution in [3.8, 4) is 23.0 Å². The summed E-state index contributed by atoms with van der Waals surface area (Å²) in [6.07, 6.45) is -4.37. The van der Waals surface area contributed by atoms with E-state index in [2.05, 4.69) is 10.1 Å². The highest BCUT2D eigenvalue weighted by Gasteiger charge is 2.37. The van der Waals surface area contributed by atoms with Gasteiger partial charge in [-0.05, 0) is 29.8 Å². The molecule has 7 nitrogen and oxygen atoms in total. The number of carbonyl (C=O) groups excluding carboxylic acids is 1. The molecule has 0 spiro atoms. The van der Waals surface area contributed by atoms with Crippen LogP contribution in [0.25, 0.3) is 11.5 Å². The van der Waals surface area contributed by atoms with Crippen LogP contribution in [-0.2, 0) is 17.5 Å². The number of benzene rings is 2. The summed E-state index contributed by atoms with van der Waals surface area (Å²) in [5.74, 6) is 1.19. The van der Waals surface area contributed by atoms with E-state index < -0.39 is 11.7 Å². The van der Waals surface area contributed by atoms with Crippen molar-refractivity contribution >= 4 is 5.91 Å². The summed E-state index contributed by atoms with van der Waals surface area (Å²) in [5, 5.41) is 3.98. The molecule has 0 bridgehead atoms. The van der Waals surface area contributed by atoms with Crippen LogP contribution in [0.3, 0.4) is 0 Å². The van der Waals surface area contributed by atoms with Gasteiger partial charge in [0.15, 0.2) is 17.3 Å². The molecule has 2 aliphatic rings. The summed E-state index contributed by atoms with van der Waals surface area (Å²) < 4.78 is 55.7. The maximum atomic E-state index is 13.3. The molecule has 1 amide bonds. The van der Waals surface area contributed by atoms with E-state index in [1.165, 1.54) is 23.1 Å². The Kier molecular flexibility index (Phi) is 4.57. The maximum Gasteiger partial charge on any atom is 0.416 e. The Labute approximate surface area is 174 Å². The number of rotatable bonds is 4. The predicted molar refractivity (Wildman–Crippen MR) is 100 cm³/mol. The molecule has 2 aliphatic heterocycles. The highest BCUT2D eigenvalue weighted by Crippen LogP contribution is 2.37. The largest absolute Gasteiger partial charge is 0.454 e. The van der Waals surface area contributed by atoms with E-state index in [1.54, 1.807) is 18.2 Å². The van der Waals surface area contributed by atoms with Gasteiger partial charge in [-0.25, -0.2) is 0 Å². The van der Waals surface area contributed by atoms with E-state index in [0.29, 0.717) is 22.9 Å². The number of ether oxygens (including phenoxy) is 2. The Morgan fingerprint density at radius 1 is 1.10 bits per heavy atom. The second-order valence-corrected chi connectivity index (χ2v) is 7.36. The van der Waals surface area contributed by atoms with Crippen molar-refractivity contribution in [3.63, 3.8) is 0 Å². The number of nitrogens with zero attached hydrogens (tertiary/aromatic N) is 3. The lowest BCUT2D eigenvalue weighted by atomic mass is 10.1. The Bertz CT molecular complexity index is 1140. The minimum Gasteiger partial charge on any atom is -0.454 e. The molecular weight excluding hydrogens is 415 g/mol. The number of carbonyl (C=O) groups is 1. The van der Waals surface area contributed by atoms with Crippen molar-refractivity contribution in [2.75, 3.05) is 13.3 Å². The normalized spacial score (nSPS) is 18.1. The van der Waals surface area contributed by atoms with Crippen molar-refractivity contribution in [1.82, 2.24) is 15.0 Å². The Morgan fingerprint density at radius 2 is 1.90 bits per heavy atom. The van der Waals surface area contributed by atoms with Gasteiger partial charge in [-0.1, -0.05) is 23.4 Å². The lowest BCUT2D eigenvalue weighted by Crippen LogP contribution is -2.26. The Hall–Kier alpha value is -3.56. The average Bonchev–Trinajstić information content (AvgIpc) is 3.47. The van der Waals surface area contributed by atoms with Crippen LogP contribution in [-0.4, -0.2) is 34.3 Å². The third-order valence-corrected chi connectivity index (χ3v) is 5.32. The first-order chi connectivity index (χ1) is 14.9. The topological polar surface area (TPSA) is 77.7 Å². The number of amides is 1. The molecule has 5 rings (SSSR count). The van der Waals surface area contributed by atoms with Gasteiger partial charge in [0.1, 0.15) is 0 Å². The molecule has 0 saturated carbocycles. The molecule has 1 atom stereocenters. The first-order valence-corrected chi connectivity index (χ1v) is 9.55. The first-order valence-electron chi connectivity index (χ1n) is 9.55. The number of hydrogen-bond donors (Lipinski definition) is 0. The summed E-state index contributed by atoms with van der Waals surface area (Å²) in [7, 11) is 0. The van der Waals surface area contributed by atoms with Crippen molar-refractivity contribution < 1.29 is 32.0 Å². The summed E-state index contributed by atoms with van der Waals surface area (Å²) in [5.41, 5.74) is -0.0441. The van der Waals surface area contributed by atoms with E-state index >= 15 is 0 Å². The first kappa shape index (κ1) is 19.4. The van der Waals surface area contributed by atoms with E-state index in [-0.39, 0.29) is 49.6 Å². The number of hydrogen-bond acceptors (Lipinski definition) is 6. The fraction of sp³-hybridized carbons (Fsp3) is 0.286. The molecular formula is C21H16F3N3O4. The molecule has 3 heterocycles. The summed E-state index contributed by atoms with van der Waals surface area (Å²) in [4.78, 5) is 18.2. The average molecular weight is 431 g/mol. The summed E-state index contributed by atoms with van der Waals surface area (Å²) in [6.45, 7) is 0.231. The van der Waals surface area contributed by atoms with Gasteiger partial charge in [0.25, 0.3) is 5.89 Å². The van der Waals surface area contributed by atoms with Crippen LogP contribution in [0.5, 0.6) is 11.5 Å². The second-order valence-electron chi connectivity index (χ2n) is 7.36. The van der Waals surface area contributed by atoms with Gasteiger partial charge in [-0.3, -0.25) is 4.79 Å². The van der Waals surface area contributed by atoms with Crippen molar-refractivity contribution in [3.05, 3.63) is 59.4 Å². The van der Waals surface area contributed by atoms with Crippen molar-refractivity contribution in [1.29, 1.82) is 0 Å². The lowest BCUT2D eigenvalue weighted by Gasteiger charge is -2.19. The zero-order valence-corrected chi connectivity index (χ0v) is 16.1. The zero-order chi connectivity index (χ0) is 21.6. The molecule has 10 heteroatoms. The van der Waals surface area contributed by atoms with Crippen LogP contribution >= 0.6 is 0 Å². The van der Waals surface area contributed by atoms with Crippen LogP contribution in [0, 0.1) is 0 Å². The maximum absolute atomic E-state index is 13.3. The third kappa shape index (κ3) is 3.69. The van der Waals surface area contributed by atoms with Crippen LogP contribution in [0.2, 0.25) is 0 Å². The van der Waals surface area contributed by atoms with Gasteiger partial charge in [-0.15, -0.1) is 0 Å². The SMILES string of the molecule is O=C1CC(c2noc(-c3ccc4c(c3)OCO4)n2)CN1Cc1ccccc1C(F)(F)F. The van der Waals surface area contributed by atoms with Crippen LogP contribution in [0.1, 0.15) is 29.3 Å². The molecule has 1 saturated heterocycles. The van der Waals surface area contributed by atoms with Crippen LogP contribution in [0.4, 0.5) is 13.2 Å². The Morgan fingerprint density at radius 3 is 2.74 bits per heavy atom.